The molecule has 0 bridgehead atoms. The molecule has 9 atom stereocenters. The summed E-state index contributed by atoms with van der Waals surface area (Å²) in [4.78, 5) is 0. The van der Waals surface area contributed by atoms with Crippen molar-refractivity contribution in [2.45, 2.75) is 82.8 Å². The van der Waals surface area contributed by atoms with Gasteiger partial charge in [-0.05, 0) is 11.8 Å². The van der Waals surface area contributed by atoms with Gasteiger partial charge in [-0.3, -0.25) is 0 Å². The predicted molar refractivity (Wildman–Crippen MR) is 86.3 cm³/mol. The fourth-order valence-electron chi connectivity index (χ4n) is 2.67. The summed E-state index contributed by atoms with van der Waals surface area (Å²) in [5, 5.41) is 69.7. The summed E-state index contributed by atoms with van der Waals surface area (Å²) >= 11 is 0. The first-order valence-corrected chi connectivity index (χ1v) is 8.53. The number of hydrogen-bond donors (Lipinski definition) is 7. The SMILES string of the molecule is CC(C)C(O)C(O)C(O[C@@H]1O[C@H](CO)[C@H](O)[C@H](O)[C@H]1O)C(O)C(C)C. The maximum atomic E-state index is 10.4. The van der Waals surface area contributed by atoms with Gasteiger partial charge in [0.15, 0.2) is 6.29 Å². The summed E-state index contributed by atoms with van der Waals surface area (Å²) < 4.78 is 10.7. The van der Waals surface area contributed by atoms with E-state index in [1.54, 1.807) is 27.7 Å². The quantitative estimate of drug-likeness (QED) is 0.247. The monoisotopic (exact) mass is 368 g/mol. The highest BCUT2D eigenvalue weighted by Gasteiger charge is 2.47. The summed E-state index contributed by atoms with van der Waals surface area (Å²) in [5.74, 6) is -0.667. The highest BCUT2D eigenvalue weighted by atomic mass is 16.7. The highest BCUT2D eigenvalue weighted by molar-refractivity contribution is 4.91. The number of aliphatic hydroxyl groups is 7. The Hall–Kier alpha value is -0.360. The smallest absolute Gasteiger partial charge is 0.187 e. The molecule has 1 saturated heterocycles. The summed E-state index contributed by atoms with van der Waals surface area (Å²) in [7, 11) is 0. The molecule has 0 radical (unpaired) electrons. The molecule has 0 spiro atoms. The topological polar surface area (TPSA) is 160 Å². The van der Waals surface area contributed by atoms with Crippen LogP contribution in [-0.2, 0) is 9.47 Å². The van der Waals surface area contributed by atoms with Crippen LogP contribution in [-0.4, -0.2) is 97.5 Å². The van der Waals surface area contributed by atoms with E-state index in [0.717, 1.165) is 0 Å². The van der Waals surface area contributed by atoms with Crippen molar-refractivity contribution >= 4 is 0 Å². The molecular weight excluding hydrogens is 336 g/mol. The maximum absolute atomic E-state index is 10.4. The highest BCUT2D eigenvalue weighted by Crippen LogP contribution is 2.27. The number of hydrogen-bond acceptors (Lipinski definition) is 9. The number of rotatable bonds is 8. The van der Waals surface area contributed by atoms with Gasteiger partial charge in [0.1, 0.15) is 36.6 Å². The van der Waals surface area contributed by atoms with Crippen molar-refractivity contribution in [2.24, 2.45) is 11.8 Å². The molecule has 9 nitrogen and oxygen atoms in total. The van der Waals surface area contributed by atoms with Crippen molar-refractivity contribution in [3.05, 3.63) is 0 Å². The normalized spacial score (nSPS) is 35.6. The van der Waals surface area contributed by atoms with Crippen LogP contribution in [0, 0.1) is 11.8 Å². The van der Waals surface area contributed by atoms with Gasteiger partial charge < -0.3 is 45.2 Å². The third-order valence-corrected chi connectivity index (χ3v) is 4.53. The Kier molecular flexibility index (Phi) is 8.65. The molecule has 0 aliphatic carbocycles. The van der Waals surface area contributed by atoms with Gasteiger partial charge in [0.25, 0.3) is 0 Å². The lowest BCUT2D eigenvalue weighted by atomic mass is 9.90. The minimum Gasteiger partial charge on any atom is -0.394 e. The zero-order chi connectivity index (χ0) is 19.5. The van der Waals surface area contributed by atoms with Crippen molar-refractivity contribution in [3.8, 4) is 0 Å². The van der Waals surface area contributed by atoms with Crippen LogP contribution in [0.2, 0.25) is 0 Å². The second kappa shape index (κ2) is 9.54. The molecule has 1 fully saturated rings. The second-order valence-electron chi connectivity index (χ2n) is 7.26. The van der Waals surface area contributed by atoms with E-state index in [2.05, 4.69) is 0 Å². The van der Waals surface area contributed by atoms with Crippen LogP contribution in [0.4, 0.5) is 0 Å². The summed E-state index contributed by atoms with van der Waals surface area (Å²) in [6.45, 7) is 6.10. The van der Waals surface area contributed by atoms with Gasteiger partial charge in [0.05, 0.1) is 18.8 Å². The first-order valence-electron chi connectivity index (χ1n) is 8.53. The van der Waals surface area contributed by atoms with Gasteiger partial charge in [-0.1, -0.05) is 27.7 Å². The van der Waals surface area contributed by atoms with Crippen LogP contribution in [0.1, 0.15) is 27.7 Å². The zero-order valence-corrected chi connectivity index (χ0v) is 15.0. The van der Waals surface area contributed by atoms with Gasteiger partial charge >= 0.3 is 0 Å². The zero-order valence-electron chi connectivity index (χ0n) is 15.0. The first-order chi connectivity index (χ1) is 11.5. The molecule has 1 heterocycles. The largest absolute Gasteiger partial charge is 0.394 e. The average Bonchev–Trinajstić information content (AvgIpc) is 2.57. The molecule has 0 amide bonds. The van der Waals surface area contributed by atoms with E-state index in [0.29, 0.717) is 0 Å². The minimum atomic E-state index is -1.66. The van der Waals surface area contributed by atoms with Crippen LogP contribution in [0.25, 0.3) is 0 Å². The van der Waals surface area contributed by atoms with E-state index in [1.807, 2.05) is 0 Å². The standard InChI is InChI=1S/C16H32O9/c1-6(2)9(18)13(22)15(10(19)7(3)4)25-16-14(23)12(21)11(20)8(5-17)24-16/h6-23H,5H2,1-4H3/t8-,9?,10?,11+,12+,13?,14-,15?,16+/m1/s1. The van der Waals surface area contributed by atoms with Crippen LogP contribution < -0.4 is 0 Å². The average molecular weight is 368 g/mol. The van der Waals surface area contributed by atoms with Gasteiger partial charge in [-0.2, -0.15) is 0 Å². The third kappa shape index (κ3) is 5.31. The van der Waals surface area contributed by atoms with E-state index >= 15 is 0 Å². The lowest BCUT2D eigenvalue weighted by molar-refractivity contribution is -0.328. The van der Waals surface area contributed by atoms with E-state index in [9.17, 15) is 35.7 Å². The molecule has 1 rings (SSSR count). The number of ether oxygens (including phenoxy) is 2. The van der Waals surface area contributed by atoms with Gasteiger partial charge in [0.2, 0.25) is 0 Å². The van der Waals surface area contributed by atoms with E-state index in [-0.39, 0.29) is 11.8 Å². The molecule has 9 heteroatoms. The van der Waals surface area contributed by atoms with Crippen molar-refractivity contribution in [2.75, 3.05) is 6.61 Å². The van der Waals surface area contributed by atoms with Gasteiger partial charge in [-0.15, -0.1) is 0 Å². The molecule has 1 aliphatic rings. The van der Waals surface area contributed by atoms with E-state index in [1.165, 1.54) is 0 Å². The van der Waals surface area contributed by atoms with Crippen molar-refractivity contribution in [3.63, 3.8) is 0 Å². The van der Waals surface area contributed by atoms with Crippen LogP contribution in [0.5, 0.6) is 0 Å². The summed E-state index contributed by atoms with van der Waals surface area (Å²) in [5.41, 5.74) is 0. The van der Waals surface area contributed by atoms with Crippen LogP contribution in [0.3, 0.4) is 0 Å². The first kappa shape index (κ1) is 22.7. The fraction of sp³-hybridized carbons (Fsp3) is 1.00. The Bertz CT molecular complexity index is 390. The van der Waals surface area contributed by atoms with Gasteiger partial charge in [0, 0.05) is 0 Å². The number of aliphatic hydroxyl groups excluding tert-OH is 7. The van der Waals surface area contributed by atoms with Crippen LogP contribution in [0.15, 0.2) is 0 Å². The Morgan fingerprint density at radius 2 is 1.32 bits per heavy atom. The predicted octanol–water partition coefficient (Wildman–Crippen LogP) is -2.43. The molecule has 1 aliphatic heterocycles. The molecule has 4 unspecified atom stereocenters. The Morgan fingerprint density at radius 3 is 1.76 bits per heavy atom. The summed E-state index contributed by atoms with van der Waals surface area (Å²) in [6.07, 6.45) is -12.7. The lowest BCUT2D eigenvalue weighted by Crippen LogP contribution is -2.61. The Labute approximate surface area is 147 Å². The molecule has 0 aromatic heterocycles. The van der Waals surface area contributed by atoms with E-state index < -0.39 is 61.7 Å². The third-order valence-electron chi connectivity index (χ3n) is 4.53. The minimum absolute atomic E-state index is 0.324. The maximum Gasteiger partial charge on any atom is 0.187 e. The molecule has 0 aromatic rings. The van der Waals surface area contributed by atoms with Gasteiger partial charge in [-0.25, -0.2) is 0 Å². The molecule has 7 N–H and O–H groups in total. The Morgan fingerprint density at radius 1 is 0.800 bits per heavy atom. The summed E-state index contributed by atoms with van der Waals surface area (Å²) in [6, 6.07) is 0. The molecule has 0 saturated carbocycles. The van der Waals surface area contributed by atoms with E-state index in [4.69, 9.17) is 9.47 Å². The second-order valence-corrected chi connectivity index (χ2v) is 7.26. The molecule has 25 heavy (non-hydrogen) atoms. The molecule has 0 aromatic carbocycles. The molecular formula is C16H32O9. The molecule has 150 valence electrons. The van der Waals surface area contributed by atoms with Crippen LogP contribution >= 0.6 is 0 Å². The lowest BCUT2D eigenvalue weighted by Gasteiger charge is -2.43. The van der Waals surface area contributed by atoms with Crippen molar-refractivity contribution in [1.82, 2.24) is 0 Å². The fourth-order valence-corrected chi connectivity index (χ4v) is 2.67. The Balaban J connectivity index is 2.99. The van der Waals surface area contributed by atoms with Crippen molar-refractivity contribution in [1.29, 1.82) is 0 Å². The van der Waals surface area contributed by atoms with Crippen molar-refractivity contribution < 1.29 is 45.2 Å².